The standard InChI is InChI=1S/C24H26N5O/c1-27(2)24(13-6-14-24)28(29-16-15-25-17-21(29)18-26-19-29)20-9-11-23(12-10-20)30-22-7-4-3-5-8-22/h3-5,7-12,15-19H,6,13-14H2,1-2H3/q+1. The van der Waals surface area contributed by atoms with Gasteiger partial charge < -0.3 is 4.74 Å². The topological polar surface area (TPSA) is 40.4 Å². The highest BCUT2D eigenvalue weighted by atomic mass is 16.5. The van der Waals surface area contributed by atoms with Crippen molar-refractivity contribution < 1.29 is 9.33 Å². The van der Waals surface area contributed by atoms with Crippen LogP contribution in [-0.2, 0) is 0 Å². The normalized spacial score (nSPS) is 23.1. The summed E-state index contributed by atoms with van der Waals surface area (Å²) >= 11 is 0. The lowest BCUT2D eigenvalue weighted by Gasteiger charge is -2.57. The quantitative estimate of drug-likeness (QED) is 0.512. The Balaban J connectivity index is 1.55. The minimum absolute atomic E-state index is 0.104. The molecule has 1 unspecified atom stereocenters. The van der Waals surface area contributed by atoms with E-state index in [0.29, 0.717) is 4.59 Å². The van der Waals surface area contributed by atoms with Crippen LogP contribution >= 0.6 is 0 Å². The van der Waals surface area contributed by atoms with Gasteiger partial charge in [-0.15, -0.1) is 4.59 Å². The van der Waals surface area contributed by atoms with Crippen molar-refractivity contribution in [2.45, 2.75) is 24.9 Å². The molecule has 2 heterocycles. The molecule has 0 N–H and O–H groups in total. The van der Waals surface area contributed by atoms with Crippen molar-refractivity contribution in [1.29, 1.82) is 0 Å². The lowest BCUT2D eigenvalue weighted by Crippen LogP contribution is -2.72. The number of hydrogen-bond donors (Lipinski definition) is 0. The molecule has 3 aliphatic rings. The van der Waals surface area contributed by atoms with E-state index in [-0.39, 0.29) is 5.66 Å². The Kier molecular flexibility index (Phi) is 4.53. The minimum Gasteiger partial charge on any atom is -0.457 e. The van der Waals surface area contributed by atoms with Gasteiger partial charge in [0.25, 0.3) is 0 Å². The largest absolute Gasteiger partial charge is 0.457 e. The Morgan fingerprint density at radius 1 is 0.933 bits per heavy atom. The van der Waals surface area contributed by atoms with Gasteiger partial charge in [-0.05, 0) is 69.8 Å². The van der Waals surface area contributed by atoms with E-state index in [4.69, 9.17) is 4.74 Å². The summed E-state index contributed by atoms with van der Waals surface area (Å²) in [4.78, 5) is 11.2. The number of rotatable bonds is 6. The zero-order valence-corrected chi connectivity index (χ0v) is 17.3. The van der Waals surface area contributed by atoms with E-state index in [1.165, 1.54) is 6.42 Å². The second-order valence-electron chi connectivity index (χ2n) is 8.08. The Morgan fingerprint density at radius 3 is 2.33 bits per heavy atom. The second kappa shape index (κ2) is 7.23. The van der Waals surface area contributed by atoms with Crippen LogP contribution in [0.5, 0.6) is 11.5 Å². The zero-order chi connectivity index (χ0) is 20.6. The summed E-state index contributed by atoms with van der Waals surface area (Å²) in [5.41, 5.74) is 2.05. The first-order valence-electron chi connectivity index (χ1n) is 10.3. The SMILES string of the molecule is CN(C)C1(N(c2ccc(Oc3ccccc3)cc2)[N+]23C=CN=CC2=CN=C3)CCC1. The van der Waals surface area contributed by atoms with Crippen LogP contribution in [-0.4, -0.2) is 41.8 Å². The summed E-state index contributed by atoms with van der Waals surface area (Å²) in [6.45, 7) is 0. The molecule has 1 saturated carbocycles. The Labute approximate surface area is 177 Å². The number of anilines is 1. The number of para-hydroxylation sites is 1. The lowest BCUT2D eigenvalue weighted by atomic mass is 9.82. The van der Waals surface area contributed by atoms with Crippen LogP contribution in [0.15, 0.2) is 88.9 Å². The van der Waals surface area contributed by atoms with Crippen LogP contribution in [0.4, 0.5) is 5.69 Å². The van der Waals surface area contributed by atoms with Crippen molar-refractivity contribution in [3.8, 4) is 11.5 Å². The molecule has 2 aromatic rings. The molecule has 6 heteroatoms. The second-order valence-corrected chi connectivity index (χ2v) is 8.08. The lowest BCUT2D eigenvalue weighted by molar-refractivity contribution is -0.753. The van der Waals surface area contributed by atoms with Crippen molar-refractivity contribution in [2.24, 2.45) is 9.98 Å². The number of aliphatic imine (C=N–C) groups is 2. The fraction of sp³-hybridized carbons (Fsp3) is 0.250. The zero-order valence-electron chi connectivity index (χ0n) is 17.3. The van der Waals surface area contributed by atoms with E-state index in [2.05, 4.69) is 52.3 Å². The van der Waals surface area contributed by atoms with Crippen molar-refractivity contribution in [3.63, 3.8) is 0 Å². The molecule has 0 saturated heterocycles. The number of nitrogens with zero attached hydrogens (tertiary/aromatic N) is 5. The molecule has 152 valence electrons. The van der Waals surface area contributed by atoms with E-state index in [1.807, 2.05) is 67.4 Å². The van der Waals surface area contributed by atoms with Gasteiger partial charge in [0.15, 0.2) is 6.20 Å². The number of hydrogen-bond acceptors (Lipinski definition) is 5. The molecule has 0 amide bonds. The van der Waals surface area contributed by atoms with Gasteiger partial charge in [-0.25, -0.2) is 4.99 Å². The summed E-state index contributed by atoms with van der Waals surface area (Å²) in [5.74, 6) is 1.65. The summed E-state index contributed by atoms with van der Waals surface area (Å²) in [6, 6.07) is 18.2. The average Bonchev–Trinajstić information content (AvgIpc) is 3.16. The molecule has 0 radical (unpaired) electrons. The molecule has 6 nitrogen and oxygen atoms in total. The van der Waals surface area contributed by atoms with E-state index in [9.17, 15) is 0 Å². The van der Waals surface area contributed by atoms with Gasteiger partial charge in [0, 0.05) is 0 Å². The summed E-state index contributed by atoms with van der Waals surface area (Å²) in [5, 5.41) is 2.45. The molecule has 1 atom stereocenters. The maximum atomic E-state index is 6.01. The first-order chi connectivity index (χ1) is 14.6. The third kappa shape index (κ3) is 2.88. The smallest absolute Gasteiger partial charge is 0.225 e. The van der Waals surface area contributed by atoms with Crippen LogP contribution in [0.1, 0.15) is 19.3 Å². The summed E-state index contributed by atoms with van der Waals surface area (Å²) in [7, 11) is 4.32. The fourth-order valence-electron chi connectivity index (χ4n) is 4.48. The number of benzene rings is 2. The van der Waals surface area contributed by atoms with Crippen LogP contribution in [0.25, 0.3) is 0 Å². The number of allylic oxidation sites excluding steroid dienone is 1. The van der Waals surface area contributed by atoms with Gasteiger partial charge in [-0.3, -0.25) is 9.89 Å². The molecule has 0 bridgehead atoms. The van der Waals surface area contributed by atoms with Crippen LogP contribution in [0.2, 0.25) is 0 Å². The molecule has 5 rings (SSSR count). The molecular weight excluding hydrogens is 374 g/mol. The van der Waals surface area contributed by atoms with E-state index >= 15 is 0 Å². The van der Waals surface area contributed by atoms with Gasteiger partial charge >= 0.3 is 0 Å². The Hall–Kier alpha value is -3.22. The maximum Gasteiger partial charge on any atom is 0.225 e. The highest BCUT2D eigenvalue weighted by Crippen LogP contribution is 2.47. The third-order valence-corrected chi connectivity index (χ3v) is 6.22. The predicted octanol–water partition coefficient (Wildman–Crippen LogP) is 4.90. The molecule has 30 heavy (non-hydrogen) atoms. The van der Waals surface area contributed by atoms with Crippen molar-refractivity contribution in [3.05, 3.63) is 78.9 Å². The monoisotopic (exact) mass is 400 g/mol. The Bertz CT molecular complexity index is 1040. The Morgan fingerprint density at radius 2 is 1.67 bits per heavy atom. The third-order valence-electron chi connectivity index (χ3n) is 6.22. The number of quaternary nitrogens is 1. The molecular formula is C24H26N5O+. The summed E-state index contributed by atoms with van der Waals surface area (Å²) < 4.78 is 6.43. The fourth-order valence-corrected chi connectivity index (χ4v) is 4.48. The van der Waals surface area contributed by atoms with Crippen molar-refractivity contribution in [1.82, 2.24) is 4.90 Å². The molecule has 0 spiro atoms. The molecule has 1 fully saturated rings. The maximum absolute atomic E-state index is 6.01. The molecule has 1 aliphatic carbocycles. The van der Waals surface area contributed by atoms with Crippen molar-refractivity contribution >= 4 is 18.2 Å². The average molecular weight is 401 g/mol. The van der Waals surface area contributed by atoms with E-state index < -0.39 is 0 Å². The van der Waals surface area contributed by atoms with Gasteiger partial charge in [0.1, 0.15) is 17.2 Å². The highest BCUT2D eigenvalue weighted by molar-refractivity contribution is 5.82. The van der Waals surface area contributed by atoms with Gasteiger partial charge in [-0.2, -0.15) is 5.01 Å². The molecule has 0 aromatic heterocycles. The van der Waals surface area contributed by atoms with Crippen LogP contribution in [0, 0.1) is 0 Å². The number of fused-ring (bicyclic) bond motifs is 1. The van der Waals surface area contributed by atoms with Gasteiger partial charge in [0.2, 0.25) is 12.0 Å². The first-order valence-corrected chi connectivity index (χ1v) is 10.3. The van der Waals surface area contributed by atoms with Gasteiger partial charge in [-0.1, -0.05) is 18.2 Å². The van der Waals surface area contributed by atoms with Crippen molar-refractivity contribution in [2.75, 3.05) is 19.1 Å². The predicted molar refractivity (Wildman–Crippen MR) is 120 cm³/mol. The van der Waals surface area contributed by atoms with E-state index in [0.717, 1.165) is 35.7 Å². The molecule has 2 aliphatic heterocycles. The van der Waals surface area contributed by atoms with Crippen LogP contribution < -0.4 is 9.75 Å². The summed E-state index contributed by atoms with van der Waals surface area (Å²) in [6.07, 6.45) is 13.1. The highest BCUT2D eigenvalue weighted by Gasteiger charge is 2.56. The number of ether oxygens (including phenoxy) is 1. The van der Waals surface area contributed by atoms with Gasteiger partial charge in [0.05, 0.1) is 24.3 Å². The molecule has 2 aromatic carbocycles. The minimum atomic E-state index is -0.104. The first kappa shape index (κ1) is 18.8. The van der Waals surface area contributed by atoms with Crippen LogP contribution in [0.3, 0.4) is 0 Å². The van der Waals surface area contributed by atoms with E-state index in [1.54, 1.807) is 0 Å².